The summed E-state index contributed by atoms with van der Waals surface area (Å²) in [5.41, 5.74) is 1.78. The predicted octanol–water partition coefficient (Wildman–Crippen LogP) is 3.58. The Morgan fingerprint density at radius 1 is 1.07 bits per heavy atom. The summed E-state index contributed by atoms with van der Waals surface area (Å²) >= 11 is 0. The van der Waals surface area contributed by atoms with Crippen molar-refractivity contribution in [2.75, 3.05) is 25.5 Å². The van der Waals surface area contributed by atoms with E-state index in [0.717, 1.165) is 35.3 Å². The van der Waals surface area contributed by atoms with Crippen LogP contribution in [-0.4, -0.2) is 37.2 Å². The van der Waals surface area contributed by atoms with E-state index in [4.69, 9.17) is 9.73 Å². The number of aliphatic imine (C=N–C) groups is 1. The molecule has 1 aromatic carbocycles. The second kappa shape index (κ2) is 9.97. The molecule has 2 aromatic rings. The van der Waals surface area contributed by atoms with Gasteiger partial charge in [0.05, 0.1) is 18.8 Å². The number of benzene rings is 1. The van der Waals surface area contributed by atoms with Crippen molar-refractivity contribution in [1.82, 2.24) is 15.6 Å². The highest BCUT2D eigenvalue weighted by Crippen LogP contribution is 2.23. The monoisotopic (exact) mass is 383 g/mol. The van der Waals surface area contributed by atoms with Crippen LogP contribution in [0.1, 0.15) is 39.0 Å². The Morgan fingerprint density at radius 2 is 1.82 bits per heavy atom. The number of nitrogens with zero attached hydrogens (tertiary/aromatic N) is 3. The normalized spacial score (nSPS) is 11.9. The number of hydrogen-bond donors (Lipinski definition) is 2. The van der Waals surface area contributed by atoms with E-state index in [9.17, 15) is 0 Å². The summed E-state index contributed by atoms with van der Waals surface area (Å²) in [5, 5.41) is 6.65. The van der Waals surface area contributed by atoms with Gasteiger partial charge in [0.2, 0.25) is 0 Å². The van der Waals surface area contributed by atoms with Crippen LogP contribution in [0.2, 0.25) is 0 Å². The third-order valence-electron chi connectivity index (χ3n) is 3.83. The Hall–Kier alpha value is -2.76. The first-order chi connectivity index (χ1) is 13.3. The van der Waals surface area contributed by atoms with Gasteiger partial charge in [-0.15, -0.1) is 0 Å². The van der Waals surface area contributed by atoms with Gasteiger partial charge >= 0.3 is 0 Å². The van der Waals surface area contributed by atoms with E-state index in [1.165, 1.54) is 0 Å². The van der Waals surface area contributed by atoms with Gasteiger partial charge in [-0.1, -0.05) is 24.3 Å². The van der Waals surface area contributed by atoms with Gasteiger partial charge < -0.3 is 20.3 Å². The molecule has 0 fully saturated rings. The smallest absolute Gasteiger partial charge is 0.191 e. The molecule has 0 amide bonds. The topological polar surface area (TPSA) is 61.8 Å². The minimum Gasteiger partial charge on any atom is -0.488 e. The molecule has 28 heavy (non-hydrogen) atoms. The maximum absolute atomic E-state index is 6.07. The van der Waals surface area contributed by atoms with Crippen molar-refractivity contribution in [3.63, 3.8) is 0 Å². The molecule has 0 spiro atoms. The number of anilines is 1. The molecule has 0 saturated carbocycles. The number of ether oxygens (including phenoxy) is 1. The van der Waals surface area contributed by atoms with Crippen LogP contribution in [0, 0.1) is 0 Å². The van der Waals surface area contributed by atoms with Crippen LogP contribution >= 0.6 is 0 Å². The lowest BCUT2D eigenvalue weighted by Gasteiger charge is -2.23. The minimum atomic E-state index is -0.244. The third kappa shape index (κ3) is 7.10. The van der Waals surface area contributed by atoms with Gasteiger partial charge in [-0.2, -0.15) is 0 Å². The lowest BCUT2D eigenvalue weighted by atomic mass is 10.1. The third-order valence-corrected chi connectivity index (χ3v) is 3.83. The van der Waals surface area contributed by atoms with Crippen LogP contribution in [-0.2, 0) is 13.1 Å². The molecule has 0 aliphatic heterocycles. The lowest BCUT2D eigenvalue weighted by Crippen LogP contribution is -2.37. The highest BCUT2D eigenvalue weighted by Gasteiger charge is 2.14. The molecule has 152 valence electrons. The first kappa shape index (κ1) is 21.5. The second-order valence-electron chi connectivity index (χ2n) is 7.75. The molecule has 1 aromatic heterocycles. The van der Waals surface area contributed by atoms with E-state index in [1.54, 1.807) is 0 Å². The zero-order valence-electron chi connectivity index (χ0n) is 17.9. The molecule has 6 heteroatoms. The van der Waals surface area contributed by atoms with Gasteiger partial charge in [0.25, 0.3) is 0 Å². The summed E-state index contributed by atoms with van der Waals surface area (Å²) < 4.78 is 6.07. The molecule has 0 saturated heterocycles. The van der Waals surface area contributed by atoms with E-state index < -0.39 is 0 Å². The second-order valence-corrected chi connectivity index (χ2v) is 7.75. The van der Waals surface area contributed by atoms with Gasteiger partial charge in [-0.05, 0) is 45.9 Å². The molecule has 1 heterocycles. The average Bonchev–Trinajstić information content (AvgIpc) is 2.64. The molecule has 2 rings (SSSR count). The molecule has 0 unspecified atom stereocenters. The Balaban J connectivity index is 2.08. The van der Waals surface area contributed by atoms with Gasteiger partial charge in [0.1, 0.15) is 17.2 Å². The molecular formula is C22H33N5O. The highest BCUT2D eigenvalue weighted by atomic mass is 16.5. The summed E-state index contributed by atoms with van der Waals surface area (Å²) in [4.78, 5) is 11.4. The van der Waals surface area contributed by atoms with Gasteiger partial charge in [0, 0.05) is 26.2 Å². The Morgan fingerprint density at radius 3 is 2.50 bits per heavy atom. The fourth-order valence-corrected chi connectivity index (χ4v) is 2.56. The number of guanidine groups is 1. The molecule has 0 atom stereocenters. The molecule has 0 bridgehead atoms. The number of para-hydroxylation sites is 1. The number of pyridine rings is 1. The van der Waals surface area contributed by atoms with Gasteiger partial charge in [-0.3, -0.25) is 0 Å². The molecule has 0 radical (unpaired) electrons. The van der Waals surface area contributed by atoms with Crippen LogP contribution in [0.4, 0.5) is 5.82 Å². The number of hydrogen-bond acceptors (Lipinski definition) is 4. The van der Waals surface area contributed by atoms with Gasteiger partial charge in [-0.25, -0.2) is 9.98 Å². The molecule has 6 nitrogen and oxygen atoms in total. The quantitative estimate of drug-likeness (QED) is 0.565. The minimum absolute atomic E-state index is 0.244. The average molecular weight is 384 g/mol. The van der Waals surface area contributed by atoms with Gasteiger partial charge in [0.15, 0.2) is 5.96 Å². The highest BCUT2D eigenvalue weighted by molar-refractivity contribution is 5.79. The van der Waals surface area contributed by atoms with Crippen molar-refractivity contribution in [2.24, 2.45) is 4.99 Å². The summed E-state index contributed by atoms with van der Waals surface area (Å²) in [5.74, 6) is 2.56. The summed E-state index contributed by atoms with van der Waals surface area (Å²) in [6.45, 7) is 10.1. The molecule has 0 aliphatic rings. The van der Waals surface area contributed by atoms with Crippen LogP contribution in [0.25, 0.3) is 0 Å². The Bertz CT molecular complexity index is 780. The van der Waals surface area contributed by atoms with Crippen molar-refractivity contribution < 1.29 is 4.74 Å². The number of rotatable bonds is 7. The molecule has 2 N–H and O–H groups in total. The van der Waals surface area contributed by atoms with E-state index >= 15 is 0 Å². The van der Waals surface area contributed by atoms with Crippen molar-refractivity contribution >= 4 is 11.8 Å². The zero-order valence-corrected chi connectivity index (χ0v) is 17.9. The van der Waals surface area contributed by atoms with Crippen LogP contribution < -0.4 is 20.3 Å². The standard InChI is InChI=1S/C22H33N5O/c1-7-23-21(25-16-18-12-10-14-20(26-18)27(5)6)24-15-17-11-8-9-13-19(17)28-22(2,3)4/h8-14H,7,15-16H2,1-6H3,(H2,23,24,25). The molecular weight excluding hydrogens is 350 g/mol. The number of nitrogens with one attached hydrogen (secondary N) is 2. The zero-order chi connectivity index (χ0) is 20.6. The van der Waals surface area contributed by atoms with Crippen LogP contribution in [0.5, 0.6) is 5.75 Å². The van der Waals surface area contributed by atoms with E-state index in [2.05, 4.69) is 28.6 Å². The maximum Gasteiger partial charge on any atom is 0.191 e. The Kier molecular flexibility index (Phi) is 7.67. The largest absolute Gasteiger partial charge is 0.488 e. The van der Waals surface area contributed by atoms with E-state index in [0.29, 0.717) is 13.1 Å². The Labute approximate surface area is 169 Å². The summed E-state index contributed by atoms with van der Waals surface area (Å²) in [7, 11) is 3.98. The maximum atomic E-state index is 6.07. The van der Waals surface area contributed by atoms with Crippen LogP contribution in [0.3, 0.4) is 0 Å². The predicted molar refractivity (Wildman–Crippen MR) is 117 cm³/mol. The van der Waals surface area contributed by atoms with Crippen molar-refractivity contribution in [1.29, 1.82) is 0 Å². The van der Waals surface area contributed by atoms with Crippen LogP contribution in [0.15, 0.2) is 47.5 Å². The SMILES string of the molecule is CCNC(=NCc1ccccc1OC(C)(C)C)NCc1cccc(N(C)C)n1. The van der Waals surface area contributed by atoms with Crippen molar-refractivity contribution in [3.05, 3.63) is 53.7 Å². The summed E-state index contributed by atoms with van der Waals surface area (Å²) in [6, 6.07) is 14.1. The van der Waals surface area contributed by atoms with E-state index in [-0.39, 0.29) is 5.60 Å². The lowest BCUT2D eigenvalue weighted by molar-refractivity contribution is 0.129. The number of aromatic nitrogens is 1. The fraction of sp³-hybridized carbons (Fsp3) is 0.455. The van der Waals surface area contributed by atoms with Crippen molar-refractivity contribution in [3.8, 4) is 5.75 Å². The van der Waals surface area contributed by atoms with E-state index in [1.807, 2.05) is 76.2 Å². The fourth-order valence-electron chi connectivity index (χ4n) is 2.56. The first-order valence-electron chi connectivity index (χ1n) is 9.71. The summed E-state index contributed by atoms with van der Waals surface area (Å²) in [6.07, 6.45) is 0. The molecule has 0 aliphatic carbocycles. The van der Waals surface area contributed by atoms with Crippen molar-refractivity contribution in [2.45, 2.75) is 46.4 Å². The first-order valence-corrected chi connectivity index (χ1v) is 9.71.